The van der Waals surface area contributed by atoms with Gasteiger partial charge in [0.1, 0.15) is 11.5 Å². The number of hydrogen-bond acceptors (Lipinski definition) is 13. The van der Waals surface area contributed by atoms with Gasteiger partial charge < -0.3 is 55.3 Å². The molecule has 56 heavy (non-hydrogen) atoms. The number of carbonyl (C=O) groups is 6. The molecule has 0 radical (unpaired) electrons. The van der Waals surface area contributed by atoms with E-state index in [9.17, 15) is 28.8 Å². The van der Waals surface area contributed by atoms with E-state index in [0.717, 1.165) is 17.1 Å². The maximum Gasteiger partial charge on any atom is 0.348 e. The summed E-state index contributed by atoms with van der Waals surface area (Å²) in [6.45, 7) is 2.65. The monoisotopic (exact) mass is 779 g/mol. The first kappa shape index (κ1) is 45.3. The molecule has 5 atom stereocenters. The zero-order valence-electron chi connectivity index (χ0n) is 30.3. The van der Waals surface area contributed by atoms with E-state index < -0.39 is 60.2 Å². The van der Waals surface area contributed by atoms with E-state index in [1.54, 1.807) is 26.4 Å². The van der Waals surface area contributed by atoms with Crippen molar-refractivity contribution < 1.29 is 78.4 Å². The topological polar surface area (TPSA) is 287 Å². The molecule has 0 aliphatic heterocycles. The van der Waals surface area contributed by atoms with E-state index in [2.05, 4.69) is 28.5 Å². The number of rotatable bonds is 15. The van der Waals surface area contributed by atoms with E-state index in [0.29, 0.717) is 6.54 Å². The van der Waals surface area contributed by atoms with Crippen LogP contribution in [0.5, 0.6) is 11.5 Å². The van der Waals surface area contributed by atoms with Gasteiger partial charge in [0.25, 0.3) is 0 Å². The smallest absolute Gasteiger partial charge is 0.348 e. The van der Waals surface area contributed by atoms with E-state index in [1.165, 1.54) is 59.7 Å². The summed E-state index contributed by atoms with van der Waals surface area (Å²) in [6, 6.07) is 29.1. The number of nitrogens with two attached hydrogens (primary N) is 1. The molecule has 4 aromatic carbocycles. The quantitative estimate of drug-likeness (QED) is 0.0853. The molecule has 0 heterocycles. The van der Waals surface area contributed by atoms with Gasteiger partial charge in [0.05, 0.1) is 25.3 Å². The van der Waals surface area contributed by atoms with E-state index in [1.807, 2.05) is 30.3 Å². The number of esters is 2. The van der Waals surface area contributed by atoms with Crippen LogP contribution in [-0.2, 0) is 28.7 Å². The third-order valence-electron chi connectivity index (χ3n) is 7.63. The summed E-state index contributed by atoms with van der Waals surface area (Å²) in [4.78, 5) is 65.3. The number of methoxy groups -OCH3 is 2. The van der Waals surface area contributed by atoms with Gasteiger partial charge in [0.2, 0.25) is 12.2 Å². The minimum atomic E-state index is -2.32. The molecule has 17 nitrogen and oxygen atoms in total. The van der Waals surface area contributed by atoms with Gasteiger partial charge >= 0.3 is 35.8 Å². The fourth-order valence-corrected chi connectivity index (χ4v) is 4.73. The lowest BCUT2D eigenvalue weighted by Crippen LogP contribution is -2.43. The highest BCUT2D eigenvalue weighted by atomic mass is 16.6. The second-order valence-electron chi connectivity index (χ2n) is 11.4. The molecule has 0 aliphatic carbocycles. The minimum Gasteiger partial charge on any atom is -0.497 e. The number of aryl methyl sites for hydroxylation is 1. The number of carboxylic acid groups (broad SMARTS) is 4. The molecule has 298 valence electrons. The molecule has 17 heteroatoms. The van der Waals surface area contributed by atoms with Gasteiger partial charge in [-0.15, -0.1) is 0 Å². The molecule has 0 saturated carbocycles. The van der Waals surface area contributed by atoms with Crippen LogP contribution in [0.4, 0.5) is 0 Å². The molecule has 4 rings (SSSR count). The van der Waals surface area contributed by atoms with Crippen molar-refractivity contribution in [3.05, 3.63) is 131 Å². The summed E-state index contributed by atoms with van der Waals surface area (Å²) < 4.78 is 19.6. The van der Waals surface area contributed by atoms with E-state index in [4.69, 9.17) is 45.8 Å². The molecule has 0 amide bonds. The summed E-state index contributed by atoms with van der Waals surface area (Å²) >= 11 is 0. The highest BCUT2D eigenvalue weighted by Crippen LogP contribution is 2.32. The number of ether oxygens (including phenoxy) is 4. The Bertz CT molecular complexity index is 1830. The van der Waals surface area contributed by atoms with Gasteiger partial charge in [-0.3, -0.25) is 0 Å². The molecule has 0 aromatic heterocycles. The second kappa shape index (κ2) is 22.4. The van der Waals surface area contributed by atoms with Crippen LogP contribution in [0.25, 0.3) is 0 Å². The fourth-order valence-electron chi connectivity index (χ4n) is 4.73. The Hall–Kier alpha value is -6.82. The minimum absolute atomic E-state index is 0.0568. The maximum atomic E-state index is 11.5. The Morgan fingerprint density at radius 3 is 1.27 bits per heavy atom. The van der Waals surface area contributed by atoms with Crippen LogP contribution >= 0.6 is 0 Å². The molecular formula is C39H41NO16. The number of aliphatic hydroxyl groups is 2. The molecule has 0 aliphatic rings. The van der Waals surface area contributed by atoms with Crippen LogP contribution < -0.4 is 15.2 Å². The van der Waals surface area contributed by atoms with Gasteiger partial charge in [0, 0.05) is 18.5 Å². The molecule has 0 fully saturated rings. The molecule has 8 N–H and O–H groups in total. The first-order valence-electron chi connectivity index (χ1n) is 16.3. The number of carbonyl (C=O) groups excluding carboxylic acids is 2. The summed E-state index contributed by atoms with van der Waals surface area (Å²) in [6.07, 6.45) is -8.96. The van der Waals surface area contributed by atoms with Gasteiger partial charge in [-0.2, -0.15) is 0 Å². The third-order valence-corrected chi connectivity index (χ3v) is 7.63. The predicted molar refractivity (Wildman–Crippen MR) is 195 cm³/mol. The maximum absolute atomic E-state index is 11.5. The number of aliphatic carboxylic acids is 4. The SMILES string of the molecule is COc1cc(OC)cc([C@@H](CN)c2ccccc2C)c1.O=C(OC(C(=O)O)C(O)C(=O)O)c1ccccc1.O=C(OC(C(=O)O)[C@@H](O)C(=O)O)c1ccccc1. The normalized spacial score (nSPS) is 12.9. The van der Waals surface area contributed by atoms with Gasteiger partial charge in [-0.25, -0.2) is 28.8 Å². The zero-order valence-corrected chi connectivity index (χ0v) is 30.3. The van der Waals surface area contributed by atoms with Crippen molar-refractivity contribution in [2.75, 3.05) is 20.8 Å². The van der Waals surface area contributed by atoms with Crippen molar-refractivity contribution in [2.24, 2.45) is 5.73 Å². The van der Waals surface area contributed by atoms with Crippen LogP contribution in [-0.4, -0.2) is 112 Å². The van der Waals surface area contributed by atoms with Gasteiger partial charge in [0.15, 0.2) is 12.2 Å². The standard InChI is InChI=1S/C17H21NO2.2C11H10O7/c1-12-6-4-5-7-16(12)17(11-18)13-8-14(19-2)10-15(9-13)20-3;2*12-7(9(13)14)8(10(15)16)18-11(17)6-4-2-1-3-5-6/h4-10,17H,11,18H2,1-3H3;2*1-5,7-8,12H,(H,13,14)(H,15,16)/t17-;7-,8?;/m11./s1. The lowest BCUT2D eigenvalue weighted by Gasteiger charge is -2.19. The first-order chi connectivity index (χ1) is 26.6. The number of hydrogen-bond donors (Lipinski definition) is 7. The van der Waals surface area contributed by atoms with Crippen molar-refractivity contribution >= 4 is 35.8 Å². The highest BCUT2D eigenvalue weighted by molar-refractivity contribution is 5.93. The van der Waals surface area contributed by atoms with Crippen LogP contribution in [0.1, 0.15) is 43.3 Å². The van der Waals surface area contributed by atoms with Crippen LogP contribution in [0.2, 0.25) is 0 Å². The third kappa shape index (κ3) is 13.5. The van der Waals surface area contributed by atoms with Crippen molar-refractivity contribution in [1.82, 2.24) is 0 Å². The van der Waals surface area contributed by atoms with Gasteiger partial charge in [-0.1, -0.05) is 60.7 Å². The van der Waals surface area contributed by atoms with Crippen LogP contribution in [0.15, 0.2) is 103 Å². The van der Waals surface area contributed by atoms with E-state index >= 15 is 0 Å². The molecule has 3 unspecified atom stereocenters. The second-order valence-corrected chi connectivity index (χ2v) is 11.4. The van der Waals surface area contributed by atoms with Crippen molar-refractivity contribution in [3.8, 4) is 11.5 Å². The fraction of sp³-hybridized carbons (Fsp3) is 0.231. The highest BCUT2D eigenvalue weighted by Gasteiger charge is 2.37. The van der Waals surface area contributed by atoms with Crippen molar-refractivity contribution in [3.63, 3.8) is 0 Å². The summed E-state index contributed by atoms with van der Waals surface area (Å²) in [5.41, 5.74) is 9.71. The summed E-state index contributed by atoms with van der Waals surface area (Å²) in [7, 11) is 3.31. The van der Waals surface area contributed by atoms with Gasteiger partial charge in [-0.05, 0) is 60.0 Å². The van der Waals surface area contributed by atoms with Crippen molar-refractivity contribution in [1.29, 1.82) is 0 Å². The zero-order chi connectivity index (χ0) is 41.9. The number of benzene rings is 4. The average molecular weight is 780 g/mol. The van der Waals surface area contributed by atoms with Crippen LogP contribution in [0.3, 0.4) is 0 Å². The van der Waals surface area contributed by atoms with Crippen molar-refractivity contribution in [2.45, 2.75) is 37.3 Å². The Labute approximate surface area is 320 Å². The van der Waals surface area contributed by atoms with E-state index in [-0.39, 0.29) is 17.0 Å². The Balaban J connectivity index is 0.000000291. The Morgan fingerprint density at radius 1 is 0.571 bits per heavy atom. The molecule has 0 spiro atoms. The average Bonchev–Trinajstić information content (AvgIpc) is 3.19. The summed E-state index contributed by atoms with van der Waals surface area (Å²) in [5, 5.41) is 52.5. The number of carboxylic acids is 4. The molecule has 0 saturated heterocycles. The Morgan fingerprint density at radius 2 is 0.946 bits per heavy atom. The number of aliphatic hydroxyl groups excluding tert-OH is 2. The molecular weight excluding hydrogens is 738 g/mol. The molecule has 4 aromatic rings. The molecule has 0 bridgehead atoms. The Kier molecular flexibility index (Phi) is 18.1. The summed E-state index contributed by atoms with van der Waals surface area (Å²) in [5.74, 6) is -7.40. The predicted octanol–water partition coefficient (Wildman–Crippen LogP) is 2.59. The lowest BCUT2D eigenvalue weighted by atomic mass is 9.88. The largest absolute Gasteiger partial charge is 0.497 e. The van der Waals surface area contributed by atoms with Crippen LogP contribution in [0, 0.1) is 6.92 Å². The lowest BCUT2D eigenvalue weighted by molar-refractivity contribution is -0.166. The first-order valence-corrected chi connectivity index (χ1v) is 16.3.